The van der Waals surface area contributed by atoms with E-state index in [9.17, 15) is 9.59 Å². The summed E-state index contributed by atoms with van der Waals surface area (Å²) < 4.78 is 23.9. The lowest BCUT2D eigenvalue weighted by Crippen LogP contribution is -2.32. The first-order chi connectivity index (χ1) is 16.1. The Morgan fingerprint density at radius 2 is 2.00 bits per heavy atom. The van der Waals surface area contributed by atoms with Gasteiger partial charge < -0.3 is 24.3 Å². The molecule has 2 aromatic heterocycles. The average Bonchev–Trinajstić information content (AvgIpc) is 3.43. The number of ether oxygens (including phenoxy) is 4. The van der Waals surface area contributed by atoms with Gasteiger partial charge >= 0.3 is 5.69 Å². The zero-order valence-electron chi connectivity index (χ0n) is 17.6. The number of methoxy groups -OCH3 is 1. The molecular formula is C22H19N5O6. The minimum absolute atomic E-state index is 0.127. The SMILES string of the molecule is COc1cccc(Oc2nccn3c(=O)n(CC(=O)NCc4ccc5c(c4)OCO5)nc23)c1. The largest absolute Gasteiger partial charge is 0.497 e. The summed E-state index contributed by atoms with van der Waals surface area (Å²) >= 11 is 0. The van der Waals surface area contributed by atoms with Gasteiger partial charge in [0.1, 0.15) is 18.0 Å². The monoisotopic (exact) mass is 449 g/mol. The summed E-state index contributed by atoms with van der Waals surface area (Å²) in [6.07, 6.45) is 2.89. The number of rotatable bonds is 7. The molecule has 168 valence electrons. The van der Waals surface area contributed by atoms with Crippen LogP contribution in [0.5, 0.6) is 28.9 Å². The zero-order valence-corrected chi connectivity index (χ0v) is 17.6. The Labute approximate surface area is 187 Å². The molecule has 33 heavy (non-hydrogen) atoms. The third-order valence-electron chi connectivity index (χ3n) is 4.95. The fourth-order valence-corrected chi connectivity index (χ4v) is 3.32. The molecule has 5 rings (SSSR count). The Kier molecular flexibility index (Phi) is 5.27. The highest BCUT2D eigenvalue weighted by Gasteiger charge is 2.17. The lowest BCUT2D eigenvalue weighted by molar-refractivity contribution is -0.122. The van der Waals surface area contributed by atoms with Gasteiger partial charge in [0.2, 0.25) is 18.3 Å². The molecule has 0 radical (unpaired) electrons. The smallest absolute Gasteiger partial charge is 0.351 e. The molecule has 0 aliphatic carbocycles. The molecule has 0 unspecified atom stereocenters. The molecule has 0 spiro atoms. The predicted molar refractivity (Wildman–Crippen MR) is 115 cm³/mol. The molecule has 11 nitrogen and oxygen atoms in total. The molecule has 1 aliphatic rings. The summed E-state index contributed by atoms with van der Waals surface area (Å²) in [7, 11) is 1.55. The van der Waals surface area contributed by atoms with E-state index in [0.717, 1.165) is 10.2 Å². The Morgan fingerprint density at radius 3 is 2.88 bits per heavy atom. The van der Waals surface area contributed by atoms with Crippen molar-refractivity contribution >= 4 is 11.6 Å². The number of carbonyl (C=O) groups is 1. The molecule has 2 aromatic carbocycles. The fourth-order valence-electron chi connectivity index (χ4n) is 3.32. The minimum atomic E-state index is -0.485. The van der Waals surface area contributed by atoms with Crippen molar-refractivity contribution in [1.82, 2.24) is 24.5 Å². The second-order valence-corrected chi connectivity index (χ2v) is 7.11. The molecule has 0 bridgehead atoms. The van der Waals surface area contributed by atoms with Crippen LogP contribution in [0.15, 0.2) is 59.7 Å². The van der Waals surface area contributed by atoms with E-state index in [1.165, 1.54) is 16.8 Å². The number of nitrogens with zero attached hydrogens (tertiary/aromatic N) is 4. The van der Waals surface area contributed by atoms with Crippen molar-refractivity contribution in [2.45, 2.75) is 13.1 Å². The van der Waals surface area contributed by atoms with E-state index in [1.807, 2.05) is 6.07 Å². The van der Waals surface area contributed by atoms with Crippen LogP contribution >= 0.6 is 0 Å². The first kappa shape index (κ1) is 20.4. The number of carbonyl (C=O) groups excluding carboxylic acids is 1. The molecule has 0 saturated carbocycles. The van der Waals surface area contributed by atoms with E-state index in [-0.39, 0.29) is 37.3 Å². The van der Waals surface area contributed by atoms with Crippen LogP contribution in [0.1, 0.15) is 5.56 Å². The van der Waals surface area contributed by atoms with Crippen molar-refractivity contribution in [3.05, 3.63) is 70.9 Å². The first-order valence-electron chi connectivity index (χ1n) is 10.0. The van der Waals surface area contributed by atoms with Crippen LogP contribution in [0.3, 0.4) is 0 Å². The lowest BCUT2D eigenvalue weighted by Gasteiger charge is -2.06. The van der Waals surface area contributed by atoms with E-state index in [1.54, 1.807) is 43.5 Å². The van der Waals surface area contributed by atoms with Gasteiger partial charge in [-0.05, 0) is 29.8 Å². The fraction of sp³-hybridized carbons (Fsp3) is 0.182. The van der Waals surface area contributed by atoms with Crippen molar-refractivity contribution in [2.24, 2.45) is 0 Å². The van der Waals surface area contributed by atoms with Gasteiger partial charge in [0.25, 0.3) is 5.88 Å². The average molecular weight is 449 g/mol. The molecule has 0 atom stereocenters. The molecule has 0 fully saturated rings. The van der Waals surface area contributed by atoms with Crippen LogP contribution in [0.25, 0.3) is 5.65 Å². The van der Waals surface area contributed by atoms with Gasteiger partial charge in [0.15, 0.2) is 11.5 Å². The summed E-state index contributed by atoms with van der Waals surface area (Å²) in [6.45, 7) is 0.188. The van der Waals surface area contributed by atoms with Crippen molar-refractivity contribution in [2.75, 3.05) is 13.9 Å². The number of hydrogen-bond acceptors (Lipinski definition) is 8. The van der Waals surface area contributed by atoms with Gasteiger partial charge in [-0.3, -0.25) is 4.79 Å². The highest BCUT2D eigenvalue weighted by molar-refractivity contribution is 5.75. The van der Waals surface area contributed by atoms with Crippen LogP contribution in [-0.4, -0.2) is 39.0 Å². The standard InChI is InChI=1S/C22H19N5O6/c1-30-15-3-2-4-16(10-15)33-21-20-25-27(22(29)26(20)8-7-23-21)12-19(28)24-11-14-5-6-17-18(9-14)32-13-31-17/h2-10H,11-13H2,1H3,(H,24,28). The first-order valence-corrected chi connectivity index (χ1v) is 10.0. The van der Waals surface area contributed by atoms with Crippen molar-refractivity contribution in [1.29, 1.82) is 0 Å². The highest BCUT2D eigenvalue weighted by atomic mass is 16.7. The minimum Gasteiger partial charge on any atom is -0.497 e. The Hall–Kier alpha value is -4.54. The number of nitrogens with one attached hydrogen (secondary N) is 1. The van der Waals surface area contributed by atoms with Crippen LogP contribution in [-0.2, 0) is 17.9 Å². The second kappa shape index (κ2) is 8.54. The normalized spacial score (nSPS) is 12.0. The molecule has 1 aliphatic heterocycles. The van der Waals surface area contributed by atoms with Crippen molar-refractivity contribution in [3.8, 4) is 28.9 Å². The summed E-state index contributed by atoms with van der Waals surface area (Å²) in [5.41, 5.74) is 0.545. The van der Waals surface area contributed by atoms with Crippen molar-refractivity contribution < 1.29 is 23.7 Å². The van der Waals surface area contributed by atoms with Crippen LogP contribution in [0.2, 0.25) is 0 Å². The van der Waals surface area contributed by atoms with Gasteiger partial charge in [-0.1, -0.05) is 12.1 Å². The molecule has 3 heterocycles. The summed E-state index contributed by atoms with van der Waals surface area (Å²) in [5, 5.41) is 7.02. The highest BCUT2D eigenvalue weighted by Crippen LogP contribution is 2.32. The number of hydrogen-bond donors (Lipinski definition) is 1. The van der Waals surface area contributed by atoms with Gasteiger partial charge in [0.05, 0.1) is 7.11 Å². The van der Waals surface area contributed by atoms with Crippen LogP contribution < -0.4 is 30.0 Å². The molecule has 11 heteroatoms. The molecule has 4 aromatic rings. The number of amides is 1. The topological polar surface area (TPSA) is 118 Å². The van der Waals surface area contributed by atoms with E-state index < -0.39 is 5.69 Å². The quantitative estimate of drug-likeness (QED) is 0.453. The third kappa shape index (κ3) is 4.15. The second-order valence-electron chi connectivity index (χ2n) is 7.11. The van der Waals surface area contributed by atoms with E-state index in [2.05, 4.69) is 15.4 Å². The lowest BCUT2D eigenvalue weighted by atomic mass is 10.2. The predicted octanol–water partition coefficient (Wildman–Crippen LogP) is 1.74. The zero-order chi connectivity index (χ0) is 22.8. The molecule has 1 amide bonds. The summed E-state index contributed by atoms with van der Waals surface area (Å²) in [4.78, 5) is 29.4. The van der Waals surface area contributed by atoms with Crippen LogP contribution in [0.4, 0.5) is 0 Å². The van der Waals surface area contributed by atoms with Gasteiger partial charge in [-0.25, -0.2) is 18.9 Å². The maximum atomic E-state index is 12.7. The molecule has 0 saturated heterocycles. The van der Waals surface area contributed by atoms with Gasteiger partial charge in [-0.2, -0.15) is 0 Å². The molecular weight excluding hydrogens is 430 g/mol. The van der Waals surface area contributed by atoms with E-state index in [4.69, 9.17) is 18.9 Å². The summed E-state index contributed by atoms with van der Waals surface area (Å²) in [5.74, 6) is 2.14. The number of aromatic nitrogens is 4. The van der Waals surface area contributed by atoms with E-state index in [0.29, 0.717) is 23.0 Å². The Balaban J connectivity index is 1.31. The van der Waals surface area contributed by atoms with Crippen molar-refractivity contribution in [3.63, 3.8) is 0 Å². The van der Waals surface area contributed by atoms with E-state index >= 15 is 0 Å². The Morgan fingerprint density at radius 1 is 1.15 bits per heavy atom. The number of fused-ring (bicyclic) bond motifs is 2. The van der Waals surface area contributed by atoms with Crippen LogP contribution in [0, 0.1) is 0 Å². The maximum absolute atomic E-state index is 12.7. The third-order valence-corrected chi connectivity index (χ3v) is 4.95. The number of benzene rings is 2. The Bertz CT molecular complexity index is 1400. The van der Waals surface area contributed by atoms with Gasteiger partial charge in [0, 0.05) is 25.0 Å². The maximum Gasteiger partial charge on any atom is 0.351 e. The van der Waals surface area contributed by atoms with Gasteiger partial charge in [-0.15, -0.1) is 5.10 Å². The molecule has 1 N–H and O–H groups in total. The summed E-state index contributed by atoms with van der Waals surface area (Å²) in [6, 6.07) is 12.4.